The first kappa shape index (κ1) is 13.3. The standard InChI is InChI=1S/C8H14N2O5S/c1-14-4-5-16(12,13)10-2-3-15-6-8(10)9-7-11/h8H,2-6H2,1H3. The molecule has 1 aliphatic heterocycles. The van der Waals surface area contributed by atoms with E-state index in [1.54, 1.807) is 0 Å². The second-order valence-corrected chi connectivity index (χ2v) is 5.24. The number of aliphatic imine (C=N–C) groups is 1. The molecule has 0 amide bonds. The summed E-state index contributed by atoms with van der Waals surface area (Å²) in [6.45, 7) is 0.692. The van der Waals surface area contributed by atoms with Gasteiger partial charge in [0.05, 0.1) is 25.6 Å². The fourth-order valence-electron chi connectivity index (χ4n) is 1.37. The van der Waals surface area contributed by atoms with E-state index in [2.05, 4.69) is 4.99 Å². The summed E-state index contributed by atoms with van der Waals surface area (Å²) in [6.07, 6.45) is 0.555. The van der Waals surface area contributed by atoms with E-state index in [1.165, 1.54) is 13.2 Å². The lowest BCUT2D eigenvalue weighted by atomic mass is 10.4. The number of nitrogens with zero attached hydrogens (tertiary/aromatic N) is 2. The summed E-state index contributed by atoms with van der Waals surface area (Å²) < 4.78 is 34.6. The average molecular weight is 250 g/mol. The SMILES string of the molecule is COCCS(=O)(=O)N1CCOCC1N=C=O. The maximum absolute atomic E-state index is 11.8. The highest BCUT2D eigenvalue weighted by Crippen LogP contribution is 2.13. The van der Waals surface area contributed by atoms with Crippen LogP contribution in [0.3, 0.4) is 0 Å². The van der Waals surface area contributed by atoms with Crippen LogP contribution in [0.1, 0.15) is 0 Å². The molecule has 0 saturated carbocycles. The molecule has 92 valence electrons. The number of carbonyl (C=O) groups excluding carboxylic acids is 1. The molecule has 1 rings (SSSR count). The molecule has 0 radical (unpaired) electrons. The predicted octanol–water partition coefficient (Wildman–Crippen LogP) is -1.04. The highest BCUT2D eigenvalue weighted by molar-refractivity contribution is 7.89. The highest BCUT2D eigenvalue weighted by Gasteiger charge is 2.32. The number of sulfonamides is 1. The molecule has 1 heterocycles. The average Bonchev–Trinajstić information content (AvgIpc) is 2.27. The summed E-state index contributed by atoms with van der Waals surface area (Å²) >= 11 is 0. The minimum Gasteiger partial charge on any atom is -0.384 e. The van der Waals surface area contributed by atoms with Gasteiger partial charge in [0.15, 0.2) is 6.17 Å². The molecule has 1 unspecified atom stereocenters. The Hall–Kier alpha value is -0.790. The number of hydrogen-bond donors (Lipinski definition) is 0. The molecular weight excluding hydrogens is 236 g/mol. The van der Waals surface area contributed by atoms with Crippen LogP contribution in [0.5, 0.6) is 0 Å². The van der Waals surface area contributed by atoms with Crippen LogP contribution >= 0.6 is 0 Å². The lowest BCUT2D eigenvalue weighted by molar-refractivity contribution is 0.0356. The molecular formula is C8H14N2O5S. The van der Waals surface area contributed by atoms with Crippen molar-refractivity contribution in [3.63, 3.8) is 0 Å². The first-order chi connectivity index (χ1) is 7.61. The van der Waals surface area contributed by atoms with E-state index in [0.717, 1.165) is 4.31 Å². The number of hydrogen-bond acceptors (Lipinski definition) is 6. The Balaban J connectivity index is 2.77. The van der Waals surface area contributed by atoms with Gasteiger partial charge in [0.1, 0.15) is 0 Å². The summed E-state index contributed by atoms with van der Waals surface area (Å²) in [5, 5.41) is 0. The lowest BCUT2D eigenvalue weighted by Crippen LogP contribution is -2.48. The molecule has 0 aromatic heterocycles. The van der Waals surface area contributed by atoms with Crippen LogP contribution in [0.2, 0.25) is 0 Å². The van der Waals surface area contributed by atoms with Gasteiger partial charge in [0, 0.05) is 13.7 Å². The van der Waals surface area contributed by atoms with Crippen molar-refractivity contribution in [3.05, 3.63) is 0 Å². The van der Waals surface area contributed by atoms with E-state index in [1.807, 2.05) is 0 Å². The molecule has 0 spiro atoms. The molecule has 0 aromatic carbocycles. The Morgan fingerprint density at radius 3 is 3.00 bits per heavy atom. The van der Waals surface area contributed by atoms with Crippen molar-refractivity contribution in [3.8, 4) is 0 Å². The van der Waals surface area contributed by atoms with E-state index < -0.39 is 16.2 Å². The van der Waals surface area contributed by atoms with Crippen LogP contribution in [0, 0.1) is 0 Å². The summed E-state index contributed by atoms with van der Waals surface area (Å²) in [7, 11) is -2.03. The van der Waals surface area contributed by atoms with Crippen LogP contribution in [-0.2, 0) is 24.3 Å². The Labute approximate surface area is 94.1 Å². The number of rotatable bonds is 5. The van der Waals surface area contributed by atoms with E-state index >= 15 is 0 Å². The van der Waals surface area contributed by atoms with Gasteiger partial charge in [-0.25, -0.2) is 13.2 Å². The fraction of sp³-hybridized carbons (Fsp3) is 0.875. The molecule has 8 heteroatoms. The second kappa shape index (κ2) is 6.07. The lowest BCUT2D eigenvalue weighted by Gasteiger charge is -2.30. The zero-order chi connectivity index (χ0) is 12.0. The van der Waals surface area contributed by atoms with Gasteiger partial charge in [0.25, 0.3) is 0 Å². The Bertz CT molecular complexity index is 363. The molecule has 1 aliphatic rings. The zero-order valence-corrected chi connectivity index (χ0v) is 9.77. The third-order valence-corrected chi connectivity index (χ3v) is 3.98. The van der Waals surface area contributed by atoms with Crippen LogP contribution in [-0.4, -0.2) is 64.2 Å². The van der Waals surface area contributed by atoms with Gasteiger partial charge in [-0.3, -0.25) is 0 Å². The number of methoxy groups -OCH3 is 1. The number of morpholine rings is 1. The molecule has 0 N–H and O–H groups in total. The minimum atomic E-state index is -3.46. The van der Waals surface area contributed by atoms with Crippen LogP contribution < -0.4 is 0 Å². The first-order valence-corrected chi connectivity index (χ1v) is 6.36. The maximum Gasteiger partial charge on any atom is 0.236 e. The fourth-order valence-corrected chi connectivity index (χ4v) is 2.81. The van der Waals surface area contributed by atoms with Crippen molar-refractivity contribution in [1.29, 1.82) is 0 Å². The molecule has 1 atom stereocenters. The van der Waals surface area contributed by atoms with Gasteiger partial charge in [0.2, 0.25) is 16.1 Å². The molecule has 7 nitrogen and oxygen atoms in total. The number of ether oxygens (including phenoxy) is 2. The van der Waals surface area contributed by atoms with Gasteiger partial charge >= 0.3 is 0 Å². The first-order valence-electron chi connectivity index (χ1n) is 4.75. The van der Waals surface area contributed by atoms with Gasteiger partial charge in [-0.15, -0.1) is 0 Å². The van der Waals surface area contributed by atoms with Crippen molar-refractivity contribution in [1.82, 2.24) is 4.31 Å². The van der Waals surface area contributed by atoms with Crippen LogP contribution in [0.4, 0.5) is 0 Å². The van der Waals surface area contributed by atoms with E-state index in [9.17, 15) is 13.2 Å². The summed E-state index contributed by atoms with van der Waals surface area (Å²) in [4.78, 5) is 13.6. The summed E-state index contributed by atoms with van der Waals surface area (Å²) in [6, 6.07) is 0. The van der Waals surface area contributed by atoms with Gasteiger partial charge in [-0.2, -0.15) is 9.30 Å². The van der Waals surface area contributed by atoms with Crippen LogP contribution in [0.25, 0.3) is 0 Å². The topological polar surface area (TPSA) is 85.3 Å². The third kappa shape index (κ3) is 3.36. The minimum absolute atomic E-state index is 0.0848. The monoisotopic (exact) mass is 250 g/mol. The van der Waals surface area contributed by atoms with E-state index in [4.69, 9.17) is 9.47 Å². The van der Waals surface area contributed by atoms with Crippen molar-refractivity contribution in [2.45, 2.75) is 6.17 Å². The molecule has 0 aromatic rings. The van der Waals surface area contributed by atoms with E-state index in [-0.39, 0.29) is 25.5 Å². The maximum atomic E-state index is 11.8. The van der Waals surface area contributed by atoms with Crippen molar-refractivity contribution < 1.29 is 22.7 Å². The summed E-state index contributed by atoms with van der Waals surface area (Å²) in [5.41, 5.74) is 0. The highest BCUT2D eigenvalue weighted by atomic mass is 32.2. The number of isocyanates is 1. The Kier molecular flexibility index (Phi) is 5.04. The predicted molar refractivity (Wildman–Crippen MR) is 55.1 cm³/mol. The van der Waals surface area contributed by atoms with E-state index in [0.29, 0.717) is 6.61 Å². The largest absolute Gasteiger partial charge is 0.384 e. The molecule has 16 heavy (non-hydrogen) atoms. The molecule has 0 aliphatic carbocycles. The van der Waals surface area contributed by atoms with Crippen molar-refractivity contribution in [2.75, 3.05) is 39.2 Å². The summed E-state index contributed by atoms with van der Waals surface area (Å²) in [5.74, 6) is -0.131. The van der Waals surface area contributed by atoms with Crippen LogP contribution in [0.15, 0.2) is 4.99 Å². The molecule has 1 saturated heterocycles. The molecule has 0 bridgehead atoms. The van der Waals surface area contributed by atoms with Gasteiger partial charge < -0.3 is 9.47 Å². The second-order valence-electron chi connectivity index (χ2n) is 3.20. The normalized spacial score (nSPS) is 22.7. The zero-order valence-electron chi connectivity index (χ0n) is 8.96. The Morgan fingerprint density at radius 1 is 1.62 bits per heavy atom. The quantitative estimate of drug-likeness (QED) is 0.459. The Morgan fingerprint density at radius 2 is 2.38 bits per heavy atom. The smallest absolute Gasteiger partial charge is 0.236 e. The van der Waals surface area contributed by atoms with Crippen molar-refractivity contribution in [2.24, 2.45) is 4.99 Å². The van der Waals surface area contributed by atoms with Gasteiger partial charge in [-0.05, 0) is 0 Å². The van der Waals surface area contributed by atoms with Gasteiger partial charge in [-0.1, -0.05) is 0 Å². The van der Waals surface area contributed by atoms with Crippen molar-refractivity contribution >= 4 is 16.1 Å². The third-order valence-electron chi connectivity index (χ3n) is 2.16. The molecule has 1 fully saturated rings.